The quantitative estimate of drug-likeness (QED) is 0.746. The zero-order chi connectivity index (χ0) is 20.4. The van der Waals surface area contributed by atoms with E-state index >= 15 is 0 Å². The van der Waals surface area contributed by atoms with Crippen molar-refractivity contribution in [3.8, 4) is 6.07 Å². The van der Waals surface area contributed by atoms with Crippen molar-refractivity contribution in [2.45, 2.75) is 30.8 Å². The van der Waals surface area contributed by atoms with Gasteiger partial charge in [0, 0.05) is 37.0 Å². The van der Waals surface area contributed by atoms with E-state index in [1.807, 2.05) is 18.2 Å². The summed E-state index contributed by atoms with van der Waals surface area (Å²) in [6.45, 7) is 1.87. The van der Waals surface area contributed by atoms with Crippen LogP contribution in [-0.2, 0) is 16.4 Å². The van der Waals surface area contributed by atoms with E-state index in [2.05, 4.69) is 17.0 Å². The number of carbonyl (C=O) groups is 1. The lowest BCUT2D eigenvalue weighted by Crippen LogP contribution is -2.57. The summed E-state index contributed by atoms with van der Waals surface area (Å²) < 4.78 is 30.9. The first-order valence-electron chi connectivity index (χ1n) is 9.79. The van der Waals surface area contributed by atoms with Crippen LogP contribution in [0.4, 0.5) is 4.79 Å². The minimum atomic E-state index is -3.64. The van der Waals surface area contributed by atoms with Gasteiger partial charge in [-0.1, -0.05) is 18.2 Å². The van der Waals surface area contributed by atoms with Crippen molar-refractivity contribution in [2.75, 3.05) is 32.4 Å². The van der Waals surface area contributed by atoms with Gasteiger partial charge in [-0.3, -0.25) is 4.90 Å². The Kier molecular flexibility index (Phi) is 3.95. The van der Waals surface area contributed by atoms with Crippen molar-refractivity contribution in [3.63, 3.8) is 0 Å². The molecule has 5 rings (SSSR count). The lowest BCUT2D eigenvalue weighted by Gasteiger charge is -2.47. The molecule has 2 fully saturated rings. The predicted molar refractivity (Wildman–Crippen MR) is 105 cm³/mol. The van der Waals surface area contributed by atoms with Gasteiger partial charge in [0.15, 0.2) is 0 Å². The van der Waals surface area contributed by atoms with Gasteiger partial charge >= 0.3 is 6.03 Å². The first-order chi connectivity index (χ1) is 13.8. The summed E-state index contributed by atoms with van der Waals surface area (Å²) in [4.78, 5) is 16.6. The molecule has 29 heavy (non-hydrogen) atoms. The van der Waals surface area contributed by atoms with E-state index in [0.717, 1.165) is 40.3 Å². The number of hydrogen-bond acceptors (Lipinski definition) is 6. The van der Waals surface area contributed by atoms with Crippen LogP contribution >= 0.6 is 0 Å². The maximum atomic E-state index is 12.8. The van der Waals surface area contributed by atoms with Crippen LogP contribution in [0.2, 0.25) is 0 Å². The van der Waals surface area contributed by atoms with E-state index in [1.54, 1.807) is 0 Å². The van der Waals surface area contributed by atoms with Crippen molar-refractivity contribution in [3.05, 3.63) is 35.6 Å². The van der Waals surface area contributed by atoms with Gasteiger partial charge in [-0.05, 0) is 18.9 Å². The number of amides is 2. The van der Waals surface area contributed by atoms with Gasteiger partial charge in [0.05, 0.1) is 24.9 Å². The molecule has 0 N–H and O–H groups in total. The van der Waals surface area contributed by atoms with Gasteiger partial charge in [0.1, 0.15) is 16.9 Å². The molecule has 0 spiro atoms. The van der Waals surface area contributed by atoms with Gasteiger partial charge < -0.3 is 9.32 Å². The predicted octanol–water partition coefficient (Wildman–Crippen LogP) is 2.09. The van der Waals surface area contributed by atoms with Crippen LogP contribution in [0.1, 0.15) is 30.2 Å². The number of urea groups is 1. The SMILES string of the molecule is CS(=O)(=O)N1CCN(C2(C#N)CCN3CCc4c(oc5ccccc45)C3C2)C1=O. The number of para-hydroxylation sites is 1. The molecule has 4 heterocycles. The molecule has 2 saturated heterocycles. The molecule has 152 valence electrons. The van der Waals surface area contributed by atoms with E-state index in [1.165, 1.54) is 10.5 Å². The molecule has 2 atom stereocenters. The molecule has 2 unspecified atom stereocenters. The van der Waals surface area contributed by atoms with E-state index < -0.39 is 21.6 Å². The molecule has 3 aliphatic rings. The molecule has 1 aromatic carbocycles. The fourth-order valence-electron chi connectivity index (χ4n) is 5.09. The van der Waals surface area contributed by atoms with Crippen molar-refractivity contribution in [1.82, 2.24) is 14.1 Å². The third-order valence-corrected chi connectivity index (χ3v) is 7.70. The highest BCUT2D eigenvalue weighted by Crippen LogP contribution is 2.46. The molecular weight excluding hydrogens is 392 g/mol. The van der Waals surface area contributed by atoms with Gasteiger partial charge in [0.25, 0.3) is 0 Å². The number of piperidine rings is 1. The minimum Gasteiger partial charge on any atom is -0.459 e. The van der Waals surface area contributed by atoms with Gasteiger partial charge in [0.2, 0.25) is 10.0 Å². The molecule has 0 aliphatic carbocycles. The Hall–Kier alpha value is -2.57. The average Bonchev–Trinajstić information content (AvgIpc) is 3.28. The maximum absolute atomic E-state index is 12.8. The minimum absolute atomic E-state index is 0.0887. The Morgan fingerprint density at radius 2 is 2.00 bits per heavy atom. The highest BCUT2D eigenvalue weighted by molar-refractivity contribution is 7.88. The number of sulfonamides is 1. The largest absolute Gasteiger partial charge is 0.459 e. The first kappa shape index (κ1) is 18.5. The number of nitriles is 1. The first-order valence-corrected chi connectivity index (χ1v) is 11.6. The number of fused-ring (bicyclic) bond motifs is 5. The normalized spacial score (nSPS) is 27.7. The third-order valence-electron chi connectivity index (χ3n) is 6.56. The van der Waals surface area contributed by atoms with Crippen LogP contribution in [0.15, 0.2) is 28.7 Å². The summed E-state index contributed by atoms with van der Waals surface area (Å²) in [5, 5.41) is 11.2. The fraction of sp³-hybridized carbons (Fsp3) is 0.500. The monoisotopic (exact) mass is 414 g/mol. The van der Waals surface area contributed by atoms with Crippen LogP contribution < -0.4 is 0 Å². The molecular formula is C20H22N4O4S. The maximum Gasteiger partial charge on any atom is 0.335 e. The van der Waals surface area contributed by atoms with Gasteiger partial charge in [-0.15, -0.1) is 0 Å². The second-order valence-electron chi connectivity index (χ2n) is 8.11. The van der Waals surface area contributed by atoms with Crippen LogP contribution in [0.5, 0.6) is 0 Å². The highest BCUT2D eigenvalue weighted by Gasteiger charge is 2.52. The molecule has 9 heteroatoms. The van der Waals surface area contributed by atoms with E-state index in [-0.39, 0.29) is 19.1 Å². The number of rotatable bonds is 2. The van der Waals surface area contributed by atoms with Gasteiger partial charge in [-0.25, -0.2) is 17.5 Å². The summed E-state index contributed by atoms with van der Waals surface area (Å²) in [5.74, 6) is 0.878. The van der Waals surface area contributed by atoms with Gasteiger partial charge in [-0.2, -0.15) is 5.26 Å². The number of furan rings is 1. The Morgan fingerprint density at radius 1 is 1.21 bits per heavy atom. The Labute approximate surface area is 169 Å². The van der Waals surface area contributed by atoms with E-state index in [0.29, 0.717) is 19.4 Å². The Morgan fingerprint density at radius 3 is 2.72 bits per heavy atom. The molecule has 8 nitrogen and oxygen atoms in total. The smallest absolute Gasteiger partial charge is 0.335 e. The fourth-order valence-corrected chi connectivity index (χ4v) is 5.89. The van der Waals surface area contributed by atoms with E-state index in [4.69, 9.17) is 4.42 Å². The summed E-state index contributed by atoms with van der Waals surface area (Å²) >= 11 is 0. The molecule has 2 aromatic rings. The molecule has 0 radical (unpaired) electrons. The number of carbonyl (C=O) groups excluding carboxylic acids is 1. The number of hydrogen-bond donors (Lipinski definition) is 0. The zero-order valence-electron chi connectivity index (χ0n) is 16.2. The van der Waals surface area contributed by atoms with Crippen LogP contribution in [0.25, 0.3) is 11.0 Å². The van der Waals surface area contributed by atoms with Crippen LogP contribution in [-0.4, -0.2) is 66.5 Å². The third kappa shape index (κ3) is 2.66. The molecule has 3 aliphatic heterocycles. The van der Waals surface area contributed by atoms with Crippen molar-refractivity contribution in [2.24, 2.45) is 0 Å². The lowest BCUT2D eigenvalue weighted by atomic mass is 9.79. The molecule has 0 bridgehead atoms. The number of benzene rings is 1. The average molecular weight is 414 g/mol. The van der Waals surface area contributed by atoms with Crippen LogP contribution in [0, 0.1) is 11.3 Å². The Balaban J connectivity index is 1.52. The second-order valence-corrected chi connectivity index (χ2v) is 10.0. The zero-order valence-corrected chi connectivity index (χ0v) is 17.0. The summed E-state index contributed by atoms with van der Waals surface area (Å²) in [6, 6.07) is 9.63. The van der Waals surface area contributed by atoms with Crippen molar-refractivity contribution in [1.29, 1.82) is 5.26 Å². The lowest BCUT2D eigenvalue weighted by molar-refractivity contribution is 0.0371. The van der Waals surface area contributed by atoms with Crippen molar-refractivity contribution >= 4 is 27.0 Å². The summed E-state index contributed by atoms with van der Waals surface area (Å²) in [6.07, 6.45) is 2.84. The number of nitrogens with zero attached hydrogens (tertiary/aromatic N) is 4. The van der Waals surface area contributed by atoms with E-state index in [9.17, 15) is 18.5 Å². The summed E-state index contributed by atoms with van der Waals surface area (Å²) in [7, 11) is -3.64. The topological polar surface area (TPSA) is 97.9 Å². The molecule has 1 aromatic heterocycles. The Bertz CT molecular complexity index is 1150. The molecule has 0 saturated carbocycles. The molecule has 2 amide bonds. The van der Waals surface area contributed by atoms with Crippen molar-refractivity contribution < 1.29 is 17.6 Å². The summed E-state index contributed by atoms with van der Waals surface area (Å²) in [5.41, 5.74) is 0.986. The highest BCUT2D eigenvalue weighted by atomic mass is 32.2. The standard InChI is InChI=1S/C20H22N4O4S/c1-29(26,27)24-11-10-23(19(24)25)20(13-21)7-9-22-8-6-15-14-4-2-3-5-17(14)28-18(15)16(22)12-20/h2-5,16H,6-12H2,1H3. The second kappa shape index (κ2) is 6.21. The van der Waals surface area contributed by atoms with Crippen LogP contribution in [0.3, 0.4) is 0 Å².